The van der Waals surface area contributed by atoms with Gasteiger partial charge in [-0.05, 0) is 0 Å². The molecule has 0 aliphatic carbocycles. The molecule has 90 valence electrons. The van der Waals surface area contributed by atoms with Crippen molar-refractivity contribution in [1.82, 2.24) is 0 Å². The predicted molar refractivity (Wildman–Crippen MR) is 49.2 cm³/mol. The average molecular weight is 262 g/mol. The Labute approximate surface area is 88.3 Å². The second-order valence-corrected chi connectivity index (χ2v) is 4.07. The standard InChI is InChI=1S/C5H12O8P2/c6-14(7)12-4-1-10-3-5(11-2-4)13-15(8)9/h4-9H,1-3H2/t4-,5?/m0/s1. The van der Waals surface area contributed by atoms with Crippen molar-refractivity contribution < 1.29 is 38.1 Å². The zero-order valence-electron chi connectivity index (χ0n) is 7.59. The molecule has 1 heterocycles. The lowest BCUT2D eigenvalue weighted by molar-refractivity contribution is -0.106. The number of hydrogen-bond donors (Lipinski definition) is 4. The summed E-state index contributed by atoms with van der Waals surface area (Å²) in [7, 11) is -4.97. The van der Waals surface area contributed by atoms with Crippen molar-refractivity contribution in [3.8, 4) is 0 Å². The molecule has 0 bridgehead atoms. The van der Waals surface area contributed by atoms with Crippen LogP contribution in [0.5, 0.6) is 0 Å². The molecule has 15 heavy (non-hydrogen) atoms. The zero-order valence-corrected chi connectivity index (χ0v) is 9.38. The van der Waals surface area contributed by atoms with Crippen molar-refractivity contribution in [2.45, 2.75) is 12.4 Å². The fourth-order valence-corrected chi connectivity index (χ4v) is 1.69. The molecule has 10 heteroatoms. The van der Waals surface area contributed by atoms with Gasteiger partial charge in [-0.1, -0.05) is 0 Å². The molecule has 1 unspecified atom stereocenters. The molecule has 2 atom stereocenters. The molecular weight excluding hydrogens is 250 g/mol. The van der Waals surface area contributed by atoms with Gasteiger partial charge in [0, 0.05) is 0 Å². The van der Waals surface area contributed by atoms with Crippen molar-refractivity contribution in [1.29, 1.82) is 0 Å². The minimum Gasteiger partial charge on any atom is -0.373 e. The molecule has 0 aromatic heterocycles. The van der Waals surface area contributed by atoms with Gasteiger partial charge in [-0.2, -0.15) is 0 Å². The molecule has 0 aromatic rings. The normalized spacial score (nSPS) is 28.4. The lowest BCUT2D eigenvalue weighted by atomic mass is 10.4. The van der Waals surface area contributed by atoms with E-state index < -0.39 is 29.6 Å². The van der Waals surface area contributed by atoms with Crippen LogP contribution in [0, 0.1) is 0 Å². The van der Waals surface area contributed by atoms with Crippen molar-refractivity contribution in [2.75, 3.05) is 19.8 Å². The van der Waals surface area contributed by atoms with Crippen LogP contribution in [0.15, 0.2) is 0 Å². The summed E-state index contributed by atoms with van der Waals surface area (Å²) in [5.74, 6) is 0. The molecule has 1 aliphatic heterocycles. The van der Waals surface area contributed by atoms with Crippen LogP contribution in [0.2, 0.25) is 0 Å². The van der Waals surface area contributed by atoms with E-state index in [-0.39, 0.29) is 19.8 Å². The summed E-state index contributed by atoms with van der Waals surface area (Å²) in [4.78, 5) is 34.3. The Balaban J connectivity index is 2.28. The maximum absolute atomic E-state index is 8.59. The first kappa shape index (κ1) is 13.6. The second-order valence-electron chi connectivity index (χ2n) is 2.64. The topological polar surface area (TPSA) is 118 Å². The van der Waals surface area contributed by atoms with E-state index in [1.54, 1.807) is 0 Å². The van der Waals surface area contributed by atoms with Gasteiger partial charge in [-0.25, -0.2) is 0 Å². The second kappa shape index (κ2) is 6.98. The summed E-state index contributed by atoms with van der Waals surface area (Å²) < 4.78 is 19.3. The third-order valence-electron chi connectivity index (χ3n) is 1.48. The first-order valence-electron chi connectivity index (χ1n) is 3.96. The van der Waals surface area contributed by atoms with Crippen molar-refractivity contribution >= 4 is 17.2 Å². The number of rotatable bonds is 4. The lowest BCUT2D eigenvalue weighted by Crippen LogP contribution is -2.22. The van der Waals surface area contributed by atoms with Gasteiger partial charge in [0.1, 0.15) is 6.10 Å². The van der Waals surface area contributed by atoms with Crippen molar-refractivity contribution in [3.63, 3.8) is 0 Å². The van der Waals surface area contributed by atoms with Crippen LogP contribution in [0.4, 0.5) is 0 Å². The number of ether oxygens (including phenoxy) is 2. The van der Waals surface area contributed by atoms with Gasteiger partial charge in [0.2, 0.25) is 0 Å². The molecule has 0 radical (unpaired) electrons. The first-order valence-corrected chi connectivity index (χ1v) is 6.29. The van der Waals surface area contributed by atoms with Gasteiger partial charge in [0.15, 0.2) is 6.29 Å². The average Bonchev–Trinajstić information content (AvgIpc) is 2.29. The van der Waals surface area contributed by atoms with Crippen molar-refractivity contribution in [3.05, 3.63) is 0 Å². The van der Waals surface area contributed by atoms with E-state index in [1.807, 2.05) is 0 Å². The molecule has 8 nitrogen and oxygen atoms in total. The van der Waals surface area contributed by atoms with Gasteiger partial charge in [0.05, 0.1) is 19.8 Å². The Morgan fingerprint density at radius 3 is 2.20 bits per heavy atom. The van der Waals surface area contributed by atoms with E-state index >= 15 is 0 Å². The number of hydrogen-bond acceptors (Lipinski definition) is 8. The molecule has 1 fully saturated rings. The van der Waals surface area contributed by atoms with Gasteiger partial charge in [-0.3, -0.25) is 4.52 Å². The van der Waals surface area contributed by atoms with Crippen LogP contribution in [-0.4, -0.2) is 51.8 Å². The Morgan fingerprint density at radius 1 is 0.933 bits per heavy atom. The molecule has 1 saturated heterocycles. The third-order valence-corrected chi connectivity index (χ3v) is 2.39. The van der Waals surface area contributed by atoms with Gasteiger partial charge in [0.25, 0.3) is 0 Å². The van der Waals surface area contributed by atoms with Crippen LogP contribution in [0.3, 0.4) is 0 Å². The Kier molecular flexibility index (Phi) is 6.33. The quantitative estimate of drug-likeness (QED) is 0.485. The van der Waals surface area contributed by atoms with Crippen LogP contribution in [0.1, 0.15) is 0 Å². The molecule has 1 aliphatic rings. The van der Waals surface area contributed by atoms with E-state index in [2.05, 4.69) is 9.05 Å². The highest BCUT2D eigenvalue weighted by molar-refractivity contribution is 7.39. The van der Waals surface area contributed by atoms with E-state index in [1.165, 1.54) is 0 Å². The van der Waals surface area contributed by atoms with Gasteiger partial charge >= 0.3 is 17.2 Å². The summed E-state index contributed by atoms with van der Waals surface area (Å²) in [5.41, 5.74) is 0. The molecule has 0 spiro atoms. The minimum atomic E-state index is -2.51. The highest BCUT2D eigenvalue weighted by Gasteiger charge is 2.24. The first-order chi connectivity index (χ1) is 7.08. The summed E-state index contributed by atoms with van der Waals surface area (Å²) in [5, 5.41) is 0. The summed E-state index contributed by atoms with van der Waals surface area (Å²) in [6, 6.07) is 0. The fraction of sp³-hybridized carbons (Fsp3) is 1.00. The molecular formula is C5H12O8P2. The summed E-state index contributed by atoms with van der Waals surface area (Å²) in [6.07, 6.45) is -1.49. The van der Waals surface area contributed by atoms with E-state index in [4.69, 9.17) is 29.0 Å². The highest BCUT2D eigenvalue weighted by Crippen LogP contribution is 2.30. The molecule has 1 rings (SSSR count). The summed E-state index contributed by atoms with van der Waals surface area (Å²) in [6.45, 7) is 0.164. The van der Waals surface area contributed by atoms with E-state index in [0.717, 1.165) is 0 Å². The molecule has 0 saturated carbocycles. The van der Waals surface area contributed by atoms with E-state index in [0.29, 0.717) is 0 Å². The SMILES string of the molecule is OP(O)OC1COC[C@H](OP(O)O)CO1. The molecule has 0 aromatic carbocycles. The Morgan fingerprint density at radius 2 is 1.60 bits per heavy atom. The van der Waals surface area contributed by atoms with E-state index in [9.17, 15) is 0 Å². The monoisotopic (exact) mass is 262 g/mol. The highest BCUT2D eigenvalue weighted by atomic mass is 31.2. The zero-order chi connectivity index (χ0) is 11.3. The Hall–Kier alpha value is 0.540. The lowest BCUT2D eigenvalue weighted by Gasteiger charge is -2.16. The maximum Gasteiger partial charge on any atom is 0.329 e. The van der Waals surface area contributed by atoms with Gasteiger partial charge in [-0.15, -0.1) is 0 Å². The fourth-order valence-electron chi connectivity index (χ4n) is 0.967. The van der Waals surface area contributed by atoms with Gasteiger partial charge < -0.3 is 33.6 Å². The maximum atomic E-state index is 8.59. The predicted octanol–water partition coefficient (Wildman–Crippen LogP) is -0.816. The minimum absolute atomic E-state index is 0.0216. The molecule has 4 N–H and O–H groups in total. The molecule has 0 amide bonds. The summed E-state index contributed by atoms with van der Waals surface area (Å²) >= 11 is 0. The van der Waals surface area contributed by atoms with Crippen molar-refractivity contribution in [2.24, 2.45) is 0 Å². The van der Waals surface area contributed by atoms with Crippen LogP contribution in [0.25, 0.3) is 0 Å². The third kappa shape index (κ3) is 5.99. The van der Waals surface area contributed by atoms with Crippen LogP contribution in [-0.2, 0) is 18.5 Å². The Bertz CT molecular complexity index is 160. The van der Waals surface area contributed by atoms with Crippen LogP contribution < -0.4 is 0 Å². The smallest absolute Gasteiger partial charge is 0.329 e. The van der Waals surface area contributed by atoms with Crippen LogP contribution >= 0.6 is 17.2 Å². The largest absolute Gasteiger partial charge is 0.373 e.